The first-order valence-corrected chi connectivity index (χ1v) is 26.0. The average molecular weight is 1180 g/mol. The molecule has 0 spiro atoms. The summed E-state index contributed by atoms with van der Waals surface area (Å²) in [6.07, 6.45) is 4.12. The van der Waals surface area contributed by atoms with Crippen LogP contribution in [0.15, 0.2) is 292 Å². The van der Waals surface area contributed by atoms with Crippen molar-refractivity contribution in [1.82, 2.24) is 18.7 Å². The molecule has 0 unspecified atom stereocenters. The molecule has 3 aromatic heterocycles. The molecule has 78 heavy (non-hydrogen) atoms. The molecule has 0 saturated carbocycles. The van der Waals surface area contributed by atoms with Crippen LogP contribution in [0.3, 0.4) is 0 Å². The Morgan fingerprint density at radius 2 is 0.859 bits per heavy atom. The van der Waals surface area contributed by atoms with Crippen LogP contribution in [0.2, 0.25) is 0 Å². The molecule has 0 N–H and O–H groups in total. The molecule has 0 bridgehead atoms. The number of hydrogen-bond acceptors (Lipinski definition) is 2. The molecule has 0 radical (unpaired) electrons. The van der Waals surface area contributed by atoms with Gasteiger partial charge in [0.15, 0.2) is 17.4 Å². The van der Waals surface area contributed by atoms with E-state index in [0.717, 1.165) is 123 Å². The molecule has 0 amide bonds. The maximum absolute atomic E-state index is 5.22. The topological polar surface area (TPSA) is 30.9 Å². The summed E-state index contributed by atoms with van der Waals surface area (Å²) in [6.45, 7) is 0. The Kier molecular flexibility index (Phi) is 12.8. The maximum atomic E-state index is 5.22. The predicted molar refractivity (Wildman–Crippen MR) is 319 cm³/mol. The van der Waals surface area contributed by atoms with E-state index in [-0.39, 0.29) is 21.1 Å². The first kappa shape index (κ1) is 48.0. The first-order chi connectivity index (χ1) is 38.2. The zero-order valence-corrected chi connectivity index (χ0v) is 44.5. The zero-order valence-electron chi connectivity index (χ0n) is 42.3. The summed E-state index contributed by atoms with van der Waals surface area (Å²) in [5.41, 5.74) is 20.0. The SMILES string of the molecule is [Pt].[c-]1c(N(c2[c-]c3c(cc2)c2ccccc2n3-c2cc(-c3c(-c4ccccc4)cccc3-c3ccccc3)ccn2)c2c(-c3ccccc3)cccc2-c2ccccc2)cccc1-n1[cH+]n(-c2ccccc2)c2ccccc21. The van der Waals surface area contributed by atoms with Crippen molar-refractivity contribution in [1.29, 1.82) is 0 Å². The van der Waals surface area contributed by atoms with Crippen LogP contribution in [0, 0.1) is 12.1 Å². The van der Waals surface area contributed by atoms with E-state index >= 15 is 0 Å². The number of anilines is 3. The van der Waals surface area contributed by atoms with Gasteiger partial charge in [0.25, 0.3) is 0 Å². The molecule has 0 saturated heterocycles. The van der Waals surface area contributed by atoms with Gasteiger partial charge in [0.2, 0.25) is 0 Å². The minimum atomic E-state index is 0. The molecule has 0 fully saturated rings. The van der Waals surface area contributed by atoms with Gasteiger partial charge >= 0.3 is 0 Å². The number of hydrogen-bond donors (Lipinski definition) is 0. The normalized spacial score (nSPS) is 11.2. The van der Waals surface area contributed by atoms with Gasteiger partial charge in [-0.25, -0.2) is 9.55 Å². The third-order valence-electron chi connectivity index (χ3n) is 14.7. The number of pyridine rings is 1. The standard InChI is InChI=1S/C72H48N5.Pt/c1-6-23-51(24-7-1)60-36-21-37-61(52-25-8-2-9-26-52)71(60)55-45-46-73-70(47-55)77-66-40-17-16-35-64(66)65-44-43-59(49-69(65)77)76(72-62(53-27-10-3-11-28-53)38-22-39-63(72)54-29-12-4-13-30-54)58-34-20-33-57(48-58)75-50-74(56-31-14-5-15-32-56)67-41-18-19-42-68(67)75;/h1-47,50H;/q-1;. The molecular formula is C72H48N5Pt-. The molecule has 372 valence electrons. The van der Waals surface area contributed by atoms with Crippen molar-refractivity contribution in [2.45, 2.75) is 0 Å². The smallest absolute Gasteiger partial charge is 0.168 e. The minimum Gasteiger partial charge on any atom is -0.357 e. The van der Waals surface area contributed by atoms with E-state index < -0.39 is 0 Å². The van der Waals surface area contributed by atoms with Crippen molar-refractivity contribution < 1.29 is 21.1 Å². The van der Waals surface area contributed by atoms with E-state index in [1.54, 1.807) is 0 Å². The summed E-state index contributed by atoms with van der Waals surface area (Å²) in [6, 6.07) is 107. The van der Waals surface area contributed by atoms with Crippen molar-refractivity contribution in [3.05, 3.63) is 304 Å². The number of para-hydroxylation sites is 5. The summed E-state index contributed by atoms with van der Waals surface area (Å²) >= 11 is 0. The molecule has 0 aliphatic carbocycles. The molecule has 3 heterocycles. The second kappa shape index (κ2) is 20.8. The quantitative estimate of drug-likeness (QED) is 0.121. The number of nitrogens with zero attached hydrogens (tertiary/aromatic N) is 5. The van der Waals surface area contributed by atoms with Crippen LogP contribution in [0.1, 0.15) is 0 Å². The van der Waals surface area contributed by atoms with E-state index in [9.17, 15) is 0 Å². The molecule has 14 rings (SSSR count). The van der Waals surface area contributed by atoms with Crippen LogP contribution in [-0.4, -0.2) is 18.7 Å². The van der Waals surface area contributed by atoms with Crippen LogP contribution in [0.4, 0.5) is 17.1 Å². The molecule has 6 heteroatoms. The van der Waals surface area contributed by atoms with Gasteiger partial charge in [0.05, 0.1) is 5.69 Å². The Hall–Kier alpha value is -9.67. The van der Waals surface area contributed by atoms with Crippen LogP contribution in [0.5, 0.6) is 0 Å². The maximum Gasteiger partial charge on any atom is 0.168 e. The Morgan fingerprint density at radius 1 is 0.372 bits per heavy atom. The van der Waals surface area contributed by atoms with E-state index in [2.05, 4.69) is 316 Å². The summed E-state index contributed by atoms with van der Waals surface area (Å²) in [5.74, 6) is 0.796. The van der Waals surface area contributed by atoms with Gasteiger partial charge < -0.3 is 9.47 Å². The summed E-state index contributed by atoms with van der Waals surface area (Å²) in [5, 5.41) is 2.20. The molecule has 0 atom stereocenters. The zero-order chi connectivity index (χ0) is 51.1. The fourth-order valence-corrected chi connectivity index (χ4v) is 11.2. The van der Waals surface area contributed by atoms with Gasteiger partial charge in [-0.2, -0.15) is 16.7 Å². The Labute approximate surface area is 468 Å². The second-order valence-corrected chi connectivity index (χ2v) is 19.2. The Balaban J connectivity index is 0.00000579. The van der Waals surface area contributed by atoms with Gasteiger partial charge in [-0.15, -0.1) is 29.7 Å². The summed E-state index contributed by atoms with van der Waals surface area (Å²) < 4.78 is 6.78. The van der Waals surface area contributed by atoms with Gasteiger partial charge in [-0.3, -0.25) is 0 Å². The van der Waals surface area contributed by atoms with E-state index in [4.69, 9.17) is 4.98 Å². The fraction of sp³-hybridized carbons (Fsp3) is 0. The van der Waals surface area contributed by atoms with Crippen molar-refractivity contribution in [2.75, 3.05) is 4.90 Å². The summed E-state index contributed by atoms with van der Waals surface area (Å²) in [7, 11) is 0. The third-order valence-corrected chi connectivity index (χ3v) is 14.7. The van der Waals surface area contributed by atoms with E-state index in [1.807, 2.05) is 6.20 Å². The minimum absolute atomic E-state index is 0. The van der Waals surface area contributed by atoms with Gasteiger partial charge in [-0.1, -0.05) is 229 Å². The largest absolute Gasteiger partial charge is 0.357 e. The Morgan fingerprint density at radius 3 is 1.46 bits per heavy atom. The van der Waals surface area contributed by atoms with Gasteiger partial charge in [0, 0.05) is 61.7 Å². The first-order valence-electron chi connectivity index (χ1n) is 26.0. The van der Waals surface area contributed by atoms with Crippen molar-refractivity contribution >= 4 is 49.9 Å². The van der Waals surface area contributed by atoms with Crippen LogP contribution >= 0.6 is 0 Å². The molecule has 0 aliphatic rings. The number of aromatic nitrogens is 4. The summed E-state index contributed by atoms with van der Waals surface area (Å²) in [4.78, 5) is 7.58. The number of rotatable bonds is 11. The second-order valence-electron chi connectivity index (χ2n) is 19.2. The third kappa shape index (κ3) is 8.61. The fourth-order valence-electron chi connectivity index (χ4n) is 11.2. The molecule has 0 aliphatic heterocycles. The van der Waals surface area contributed by atoms with E-state index in [0.29, 0.717) is 0 Å². The van der Waals surface area contributed by atoms with Crippen LogP contribution in [-0.2, 0) is 21.1 Å². The monoisotopic (exact) mass is 1180 g/mol. The number of benzene rings is 11. The van der Waals surface area contributed by atoms with E-state index in [1.165, 1.54) is 0 Å². The molecular weight excluding hydrogens is 1130 g/mol. The van der Waals surface area contributed by atoms with Crippen molar-refractivity contribution in [3.8, 4) is 72.8 Å². The molecule has 11 aromatic carbocycles. The van der Waals surface area contributed by atoms with Crippen molar-refractivity contribution in [3.63, 3.8) is 0 Å². The number of imidazole rings is 1. The van der Waals surface area contributed by atoms with Crippen LogP contribution in [0.25, 0.3) is 106 Å². The Bertz CT molecular complexity index is 4320. The predicted octanol–water partition coefficient (Wildman–Crippen LogP) is 18.6. The average Bonchev–Trinajstić information content (AvgIpc) is 4.20. The number of fused-ring (bicyclic) bond motifs is 4. The molecule has 5 nitrogen and oxygen atoms in total. The molecule has 14 aromatic rings. The van der Waals surface area contributed by atoms with Gasteiger partial charge in [0.1, 0.15) is 11.5 Å². The van der Waals surface area contributed by atoms with Crippen molar-refractivity contribution in [2.24, 2.45) is 0 Å². The van der Waals surface area contributed by atoms with Crippen LogP contribution < -0.4 is 4.90 Å². The van der Waals surface area contributed by atoms with Gasteiger partial charge in [-0.05, 0) is 80.2 Å².